The van der Waals surface area contributed by atoms with E-state index in [1.54, 1.807) is 0 Å². The molecule has 11 aromatic rings. The van der Waals surface area contributed by atoms with Gasteiger partial charge in [-0.25, -0.2) is 15.0 Å². The van der Waals surface area contributed by atoms with Crippen LogP contribution in [0, 0.1) is 0 Å². The van der Waals surface area contributed by atoms with Crippen molar-refractivity contribution in [3.8, 4) is 45.5 Å². The molecule has 0 aliphatic rings. The standard InChI is InChI=1S/C49H31N5/c1-3-16-33(17-4-1)47-50-48(52-49(51-47)40-25-14-28-43-46(40)39-24-10-11-26-41(39)53(43)35-19-5-2-6-20-35)34-18-13-21-36(31-34)54-42-27-12-9-23-38(42)45-37-22-8-7-15-32(37)29-30-44(45)54/h1-31H. The molecule has 54 heavy (non-hydrogen) atoms. The topological polar surface area (TPSA) is 48.5 Å². The predicted molar refractivity (Wildman–Crippen MR) is 222 cm³/mol. The van der Waals surface area contributed by atoms with E-state index < -0.39 is 0 Å². The molecule has 3 aromatic heterocycles. The van der Waals surface area contributed by atoms with Crippen LogP contribution >= 0.6 is 0 Å². The lowest BCUT2D eigenvalue weighted by Crippen LogP contribution is -2.01. The molecule has 0 atom stereocenters. The SMILES string of the molecule is c1ccc(-c2nc(-c3cccc(-n4c5ccccc5c5c6ccccc6ccc54)c3)nc(-c3cccc4c3c3ccccc3n4-c3ccccc3)n2)cc1. The van der Waals surface area contributed by atoms with Crippen LogP contribution in [0.3, 0.4) is 0 Å². The molecule has 0 N–H and O–H groups in total. The minimum atomic E-state index is 0.621. The third-order valence-corrected chi connectivity index (χ3v) is 10.5. The first-order valence-corrected chi connectivity index (χ1v) is 18.2. The minimum absolute atomic E-state index is 0.621. The average molecular weight is 690 g/mol. The summed E-state index contributed by atoms with van der Waals surface area (Å²) in [6, 6.07) is 66.1. The van der Waals surface area contributed by atoms with E-state index in [0.717, 1.165) is 60.9 Å². The van der Waals surface area contributed by atoms with Crippen molar-refractivity contribution in [2.24, 2.45) is 0 Å². The number of aromatic nitrogens is 5. The van der Waals surface area contributed by atoms with Crippen molar-refractivity contribution in [3.05, 3.63) is 188 Å². The fourth-order valence-corrected chi connectivity index (χ4v) is 8.20. The fourth-order valence-electron chi connectivity index (χ4n) is 8.20. The van der Waals surface area contributed by atoms with Crippen LogP contribution in [-0.2, 0) is 0 Å². The highest BCUT2D eigenvalue weighted by molar-refractivity contribution is 6.21. The van der Waals surface area contributed by atoms with Crippen molar-refractivity contribution in [2.45, 2.75) is 0 Å². The van der Waals surface area contributed by atoms with E-state index in [4.69, 9.17) is 15.0 Å². The van der Waals surface area contributed by atoms with Crippen LogP contribution in [0.5, 0.6) is 0 Å². The lowest BCUT2D eigenvalue weighted by Gasteiger charge is -2.12. The number of rotatable bonds is 5. The molecule has 0 aliphatic carbocycles. The van der Waals surface area contributed by atoms with Gasteiger partial charge in [0.05, 0.1) is 22.1 Å². The molecule has 0 saturated carbocycles. The molecule has 8 aromatic carbocycles. The van der Waals surface area contributed by atoms with E-state index in [1.165, 1.54) is 21.5 Å². The molecule has 11 rings (SSSR count). The number of benzene rings is 8. The number of hydrogen-bond donors (Lipinski definition) is 0. The summed E-state index contributed by atoms with van der Waals surface area (Å²) in [7, 11) is 0. The molecule has 0 aliphatic heterocycles. The molecule has 0 saturated heterocycles. The van der Waals surface area contributed by atoms with Gasteiger partial charge in [-0.2, -0.15) is 0 Å². The number of hydrogen-bond acceptors (Lipinski definition) is 3. The van der Waals surface area contributed by atoms with Gasteiger partial charge in [0.1, 0.15) is 0 Å². The molecule has 0 spiro atoms. The lowest BCUT2D eigenvalue weighted by molar-refractivity contribution is 1.07. The van der Waals surface area contributed by atoms with Gasteiger partial charge in [0, 0.05) is 49.6 Å². The summed E-state index contributed by atoms with van der Waals surface area (Å²) in [5.41, 5.74) is 9.52. The van der Waals surface area contributed by atoms with E-state index in [2.05, 4.69) is 179 Å². The normalized spacial score (nSPS) is 11.7. The smallest absolute Gasteiger partial charge is 0.164 e. The van der Waals surface area contributed by atoms with E-state index in [0.29, 0.717) is 17.5 Å². The van der Waals surface area contributed by atoms with Crippen molar-refractivity contribution in [3.63, 3.8) is 0 Å². The molecular formula is C49H31N5. The third-order valence-electron chi connectivity index (χ3n) is 10.5. The van der Waals surface area contributed by atoms with Crippen molar-refractivity contribution < 1.29 is 0 Å². The Labute approximate surface area is 311 Å². The Bertz CT molecular complexity index is 3210. The van der Waals surface area contributed by atoms with E-state index in [9.17, 15) is 0 Å². The second-order valence-electron chi connectivity index (χ2n) is 13.6. The molecule has 5 heteroatoms. The van der Waals surface area contributed by atoms with Gasteiger partial charge in [-0.15, -0.1) is 0 Å². The summed E-state index contributed by atoms with van der Waals surface area (Å²) in [6.07, 6.45) is 0. The predicted octanol–water partition coefficient (Wildman–Crippen LogP) is 12.2. The van der Waals surface area contributed by atoms with Crippen LogP contribution < -0.4 is 0 Å². The van der Waals surface area contributed by atoms with Gasteiger partial charge in [-0.3, -0.25) is 0 Å². The van der Waals surface area contributed by atoms with Gasteiger partial charge >= 0.3 is 0 Å². The van der Waals surface area contributed by atoms with Gasteiger partial charge in [-0.1, -0.05) is 140 Å². The van der Waals surface area contributed by atoms with E-state index in [-0.39, 0.29) is 0 Å². The van der Waals surface area contributed by atoms with Crippen LogP contribution in [0.1, 0.15) is 0 Å². The Morgan fingerprint density at radius 1 is 0.315 bits per heavy atom. The zero-order chi connectivity index (χ0) is 35.6. The van der Waals surface area contributed by atoms with Gasteiger partial charge in [0.2, 0.25) is 0 Å². The van der Waals surface area contributed by atoms with E-state index >= 15 is 0 Å². The molecule has 0 amide bonds. The van der Waals surface area contributed by atoms with Gasteiger partial charge in [0.25, 0.3) is 0 Å². The Morgan fingerprint density at radius 2 is 0.833 bits per heavy atom. The molecule has 252 valence electrons. The first-order valence-electron chi connectivity index (χ1n) is 18.2. The number of nitrogens with zero attached hydrogens (tertiary/aromatic N) is 5. The lowest BCUT2D eigenvalue weighted by atomic mass is 10.0. The average Bonchev–Trinajstić information content (AvgIpc) is 3.78. The molecule has 0 radical (unpaired) electrons. The van der Waals surface area contributed by atoms with Gasteiger partial charge < -0.3 is 9.13 Å². The zero-order valence-corrected chi connectivity index (χ0v) is 29.1. The van der Waals surface area contributed by atoms with Gasteiger partial charge in [-0.05, 0) is 59.3 Å². The second kappa shape index (κ2) is 12.1. The maximum Gasteiger partial charge on any atom is 0.164 e. The monoisotopic (exact) mass is 689 g/mol. The van der Waals surface area contributed by atoms with Crippen molar-refractivity contribution in [1.29, 1.82) is 0 Å². The minimum Gasteiger partial charge on any atom is -0.309 e. The van der Waals surface area contributed by atoms with Crippen LogP contribution in [0.25, 0.3) is 99.9 Å². The Hall–Kier alpha value is -7.37. The summed E-state index contributed by atoms with van der Waals surface area (Å²) in [4.78, 5) is 15.6. The van der Waals surface area contributed by atoms with Crippen molar-refractivity contribution in [1.82, 2.24) is 24.1 Å². The Kier molecular flexibility index (Phi) is 6.79. The fraction of sp³-hybridized carbons (Fsp3) is 0. The quantitative estimate of drug-likeness (QED) is 0.181. The Morgan fingerprint density at radius 3 is 1.61 bits per heavy atom. The van der Waals surface area contributed by atoms with Crippen LogP contribution in [-0.4, -0.2) is 24.1 Å². The summed E-state index contributed by atoms with van der Waals surface area (Å²) in [6.45, 7) is 0. The first kappa shape index (κ1) is 30.3. The highest BCUT2D eigenvalue weighted by Crippen LogP contribution is 2.40. The van der Waals surface area contributed by atoms with E-state index in [1.807, 2.05) is 18.2 Å². The molecular weight excluding hydrogens is 659 g/mol. The third kappa shape index (κ3) is 4.69. The van der Waals surface area contributed by atoms with Crippen LogP contribution in [0.2, 0.25) is 0 Å². The molecule has 5 nitrogen and oxygen atoms in total. The van der Waals surface area contributed by atoms with Crippen molar-refractivity contribution in [2.75, 3.05) is 0 Å². The van der Waals surface area contributed by atoms with Crippen LogP contribution in [0.4, 0.5) is 0 Å². The van der Waals surface area contributed by atoms with Gasteiger partial charge in [0.15, 0.2) is 17.5 Å². The summed E-state index contributed by atoms with van der Waals surface area (Å²) >= 11 is 0. The second-order valence-corrected chi connectivity index (χ2v) is 13.6. The largest absolute Gasteiger partial charge is 0.309 e. The van der Waals surface area contributed by atoms with Crippen molar-refractivity contribution >= 4 is 54.4 Å². The highest BCUT2D eigenvalue weighted by atomic mass is 15.0. The molecule has 0 unspecified atom stereocenters. The highest BCUT2D eigenvalue weighted by Gasteiger charge is 2.20. The Balaban J connectivity index is 1.15. The molecule has 0 fully saturated rings. The maximum atomic E-state index is 5.29. The summed E-state index contributed by atoms with van der Waals surface area (Å²) < 4.78 is 4.69. The first-order chi connectivity index (χ1) is 26.8. The molecule has 0 bridgehead atoms. The van der Waals surface area contributed by atoms with Crippen LogP contribution in [0.15, 0.2) is 188 Å². The molecule has 3 heterocycles. The maximum absolute atomic E-state index is 5.29. The number of para-hydroxylation sites is 3. The summed E-state index contributed by atoms with van der Waals surface area (Å²) in [5.74, 6) is 1.89. The zero-order valence-electron chi connectivity index (χ0n) is 29.1. The summed E-state index contributed by atoms with van der Waals surface area (Å²) in [5, 5.41) is 7.22. The number of fused-ring (bicyclic) bond motifs is 8.